The maximum absolute atomic E-state index is 12.1. The summed E-state index contributed by atoms with van der Waals surface area (Å²) < 4.78 is 5.19. The predicted octanol–water partition coefficient (Wildman–Crippen LogP) is -0.185. The molecule has 0 aromatic carbocycles. The summed E-state index contributed by atoms with van der Waals surface area (Å²) in [6, 6.07) is 1.91. The Morgan fingerprint density at radius 3 is 3.10 bits per heavy atom. The third-order valence-corrected chi connectivity index (χ3v) is 3.37. The van der Waals surface area contributed by atoms with Crippen LogP contribution in [0.3, 0.4) is 0 Å². The number of amides is 1. The van der Waals surface area contributed by atoms with Crippen molar-refractivity contribution in [2.24, 2.45) is 11.8 Å². The normalized spacial score (nSPS) is 21.5. The molecule has 1 saturated heterocycles. The minimum atomic E-state index is -0.203. The van der Waals surface area contributed by atoms with Gasteiger partial charge in [-0.3, -0.25) is 9.78 Å². The number of carbonyl (C=O) groups is 1. The number of hydrogen-bond acceptors (Lipinski definition) is 6. The van der Waals surface area contributed by atoms with E-state index in [4.69, 9.17) is 10.00 Å². The van der Waals surface area contributed by atoms with Crippen LogP contribution >= 0.6 is 0 Å². The first-order valence-corrected chi connectivity index (χ1v) is 6.40. The van der Waals surface area contributed by atoms with Crippen LogP contribution in [0.2, 0.25) is 0 Å². The molecule has 1 fully saturated rings. The molecule has 1 aliphatic rings. The number of anilines is 1. The molecule has 20 heavy (non-hydrogen) atoms. The lowest BCUT2D eigenvalue weighted by Gasteiger charge is -2.16. The smallest absolute Gasteiger partial charge is 0.226 e. The largest absolute Gasteiger partial charge is 0.384 e. The van der Waals surface area contributed by atoms with E-state index in [-0.39, 0.29) is 24.3 Å². The van der Waals surface area contributed by atoms with Crippen LogP contribution in [0.5, 0.6) is 0 Å². The van der Waals surface area contributed by atoms with Gasteiger partial charge in [-0.1, -0.05) is 0 Å². The summed E-state index contributed by atoms with van der Waals surface area (Å²) >= 11 is 0. The summed E-state index contributed by atoms with van der Waals surface area (Å²) in [5.74, 6) is 0.523. The number of methoxy groups -OCH3 is 1. The van der Waals surface area contributed by atoms with E-state index in [2.05, 4.69) is 15.3 Å². The molecule has 7 nitrogen and oxygen atoms in total. The number of ether oxygens (including phenoxy) is 1. The molecule has 106 valence electrons. The molecular formula is C13H17N5O2. The Labute approximate surface area is 117 Å². The number of nitrogens with one attached hydrogen (secondary N) is 1. The molecule has 7 heteroatoms. The maximum Gasteiger partial charge on any atom is 0.226 e. The first-order chi connectivity index (χ1) is 9.76. The third kappa shape index (κ3) is 3.22. The van der Waals surface area contributed by atoms with Crippen molar-refractivity contribution in [2.75, 3.05) is 38.3 Å². The molecule has 0 radical (unpaired) electrons. The highest BCUT2D eigenvalue weighted by molar-refractivity contribution is 5.80. The number of carbonyl (C=O) groups excluding carboxylic acids is 1. The standard InChI is InChI=1S/C13H17N5O2/c1-20-9-10-7-18(12-6-15-4-5-16-12)8-11(10)13(19)17-3-2-14/h4-6,10-11H,3,7-9H2,1H3,(H,17,19)/t10-,11+/m0/s1. The molecule has 1 aliphatic heterocycles. The van der Waals surface area contributed by atoms with Crippen LogP contribution < -0.4 is 10.2 Å². The molecule has 1 N–H and O–H groups in total. The van der Waals surface area contributed by atoms with Crippen LogP contribution in [-0.2, 0) is 9.53 Å². The highest BCUT2D eigenvalue weighted by Crippen LogP contribution is 2.27. The zero-order valence-electron chi connectivity index (χ0n) is 11.3. The summed E-state index contributed by atoms with van der Waals surface area (Å²) in [5, 5.41) is 11.2. The summed E-state index contributed by atoms with van der Waals surface area (Å²) in [6.07, 6.45) is 4.92. The van der Waals surface area contributed by atoms with E-state index in [1.165, 1.54) is 0 Å². The van der Waals surface area contributed by atoms with Gasteiger partial charge in [0.25, 0.3) is 0 Å². The van der Waals surface area contributed by atoms with Crippen molar-refractivity contribution < 1.29 is 9.53 Å². The second-order valence-electron chi connectivity index (χ2n) is 4.67. The van der Waals surface area contributed by atoms with E-state index in [9.17, 15) is 4.79 Å². The number of rotatable bonds is 5. The fourth-order valence-electron chi connectivity index (χ4n) is 2.45. The van der Waals surface area contributed by atoms with Gasteiger partial charge in [-0.15, -0.1) is 0 Å². The Kier molecular flexibility index (Phi) is 4.85. The van der Waals surface area contributed by atoms with E-state index in [1.807, 2.05) is 11.0 Å². The van der Waals surface area contributed by atoms with Crippen molar-refractivity contribution in [3.8, 4) is 6.07 Å². The van der Waals surface area contributed by atoms with Crippen molar-refractivity contribution in [3.05, 3.63) is 18.6 Å². The highest BCUT2D eigenvalue weighted by atomic mass is 16.5. The summed E-state index contributed by atoms with van der Waals surface area (Å²) in [6.45, 7) is 1.78. The van der Waals surface area contributed by atoms with E-state index in [0.29, 0.717) is 19.7 Å². The van der Waals surface area contributed by atoms with Crippen molar-refractivity contribution in [3.63, 3.8) is 0 Å². The summed E-state index contributed by atoms with van der Waals surface area (Å²) in [4.78, 5) is 22.4. The molecule has 2 heterocycles. The third-order valence-electron chi connectivity index (χ3n) is 3.37. The zero-order chi connectivity index (χ0) is 14.4. The van der Waals surface area contributed by atoms with Gasteiger partial charge in [-0.2, -0.15) is 5.26 Å². The monoisotopic (exact) mass is 275 g/mol. The van der Waals surface area contributed by atoms with Gasteiger partial charge in [0.05, 0.1) is 24.8 Å². The predicted molar refractivity (Wildman–Crippen MR) is 71.7 cm³/mol. The van der Waals surface area contributed by atoms with Crippen LogP contribution in [0.25, 0.3) is 0 Å². The van der Waals surface area contributed by atoms with Gasteiger partial charge in [0.1, 0.15) is 12.4 Å². The van der Waals surface area contributed by atoms with Crippen LogP contribution in [0.1, 0.15) is 0 Å². The molecule has 1 amide bonds. The molecule has 0 bridgehead atoms. The quantitative estimate of drug-likeness (QED) is 0.749. The van der Waals surface area contributed by atoms with Crippen LogP contribution in [0.4, 0.5) is 5.82 Å². The summed E-state index contributed by atoms with van der Waals surface area (Å²) in [5.41, 5.74) is 0. The number of nitrogens with zero attached hydrogens (tertiary/aromatic N) is 4. The van der Waals surface area contributed by atoms with Crippen molar-refractivity contribution in [1.29, 1.82) is 5.26 Å². The van der Waals surface area contributed by atoms with Gasteiger partial charge in [0.2, 0.25) is 5.91 Å². The molecule has 1 aromatic rings. The second kappa shape index (κ2) is 6.82. The van der Waals surface area contributed by atoms with Gasteiger partial charge in [-0.05, 0) is 0 Å². The Balaban J connectivity index is 2.07. The second-order valence-corrected chi connectivity index (χ2v) is 4.67. The fraction of sp³-hybridized carbons (Fsp3) is 0.538. The Morgan fingerprint density at radius 2 is 2.45 bits per heavy atom. The minimum absolute atomic E-state index is 0.0280. The molecule has 0 saturated carbocycles. The molecular weight excluding hydrogens is 258 g/mol. The lowest BCUT2D eigenvalue weighted by atomic mass is 9.96. The van der Waals surface area contributed by atoms with Gasteiger partial charge in [-0.25, -0.2) is 4.98 Å². The molecule has 0 aliphatic carbocycles. The molecule has 2 atom stereocenters. The zero-order valence-corrected chi connectivity index (χ0v) is 11.3. The van der Waals surface area contributed by atoms with E-state index in [0.717, 1.165) is 5.82 Å². The Morgan fingerprint density at radius 1 is 1.60 bits per heavy atom. The molecule has 1 aromatic heterocycles. The Hall–Kier alpha value is -2.20. The van der Waals surface area contributed by atoms with Gasteiger partial charge >= 0.3 is 0 Å². The van der Waals surface area contributed by atoms with Crippen molar-refractivity contribution in [2.45, 2.75) is 0 Å². The topological polar surface area (TPSA) is 91.1 Å². The van der Waals surface area contributed by atoms with E-state index >= 15 is 0 Å². The first kappa shape index (κ1) is 14.2. The molecule has 2 rings (SSSR count). The number of hydrogen-bond donors (Lipinski definition) is 1. The maximum atomic E-state index is 12.1. The lowest BCUT2D eigenvalue weighted by Crippen LogP contribution is -2.36. The van der Waals surface area contributed by atoms with E-state index < -0.39 is 0 Å². The lowest BCUT2D eigenvalue weighted by molar-refractivity contribution is -0.125. The van der Waals surface area contributed by atoms with Gasteiger partial charge < -0.3 is 15.0 Å². The Bertz CT molecular complexity index is 487. The average molecular weight is 275 g/mol. The van der Waals surface area contributed by atoms with Crippen LogP contribution in [-0.4, -0.2) is 49.2 Å². The van der Waals surface area contributed by atoms with Crippen LogP contribution in [0.15, 0.2) is 18.6 Å². The number of aromatic nitrogens is 2. The van der Waals surface area contributed by atoms with E-state index in [1.54, 1.807) is 25.7 Å². The average Bonchev–Trinajstić information content (AvgIpc) is 2.90. The number of nitriles is 1. The first-order valence-electron chi connectivity index (χ1n) is 6.40. The van der Waals surface area contributed by atoms with Gasteiger partial charge in [0, 0.05) is 38.5 Å². The molecule has 0 spiro atoms. The minimum Gasteiger partial charge on any atom is -0.384 e. The highest BCUT2D eigenvalue weighted by Gasteiger charge is 2.38. The van der Waals surface area contributed by atoms with Gasteiger partial charge in [0.15, 0.2) is 0 Å². The fourth-order valence-corrected chi connectivity index (χ4v) is 2.45. The summed E-state index contributed by atoms with van der Waals surface area (Å²) in [7, 11) is 1.62. The molecule has 0 unspecified atom stereocenters. The van der Waals surface area contributed by atoms with Crippen molar-refractivity contribution >= 4 is 11.7 Å². The van der Waals surface area contributed by atoms with Crippen molar-refractivity contribution in [1.82, 2.24) is 15.3 Å². The SMILES string of the molecule is COC[C@@H]1CN(c2cnccn2)C[C@H]1C(=O)NCC#N. The van der Waals surface area contributed by atoms with Crippen LogP contribution in [0, 0.1) is 23.2 Å².